The number of aryl methyl sites for hydroxylation is 2. The molecule has 0 fully saturated rings. The third-order valence-electron chi connectivity index (χ3n) is 11.4. The van der Waals surface area contributed by atoms with Gasteiger partial charge < -0.3 is 9.47 Å². The summed E-state index contributed by atoms with van der Waals surface area (Å²) in [6, 6.07) is 44.4. The van der Waals surface area contributed by atoms with E-state index in [4.69, 9.17) is 19.5 Å². The zero-order valence-electron chi connectivity index (χ0n) is 27.6. The molecular weight excluding hydrogens is 601 g/mol. The number of aliphatic imine (C=N–C) groups is 2. The lowest BCUT2D eigenvalue weighted by Crippen LogP contribution is -2.27. The Hall–Kier alpha value is -5.22. The van der Waals surface area contributed by atoms with E-state index in [2.05, 4.69) is 121 Å². The Balaban J connectivity index is 0.970. The van der Waals surface area contributed by atoms with Crippen molar-refractivity contribution in [3.63, 3.8) is 0 Å². The normalized spacial score (nSPS) is 20.2. The van der Waals surface area contributed by atoms with Crippen LogP contribution in [0, 0.1) is 0 Å². The van der Waals surface area contributed by atoms with Crippen LogP contribution in [0.25, 0.3) is 21.5 Å². The van der Waals surface area contributed by atoms with E-state index in [1.807, 2.05) is 0 Å². The van der Waals surface area contributed by atoms with Crippen molar-refractivity contribution in [2.75, 3.05) is 13.2 Å². The standard InChI is InChI=1S/C45H38N2O2/c1-3-9-35-23-29(15-17-31(35)7-1)25-37-27-48-43(46-37)39-13-5-11-33-19-21-45(41(33)39)22-20-34-12-6-14-40(42(34)45)44-47-38(28-49-44)26-30-16-18-32-8-2-4-10-36(32)24-30/h1-18,23-24,37-38H,19-22,25-28H2/t37-,38-,45?/m0/s1. The molecule has 1 spiro atoms. The number of ether oxygens (including phenoxy) is 2. The van der Waals surface area contributed by atoms with Crippen molar-refractivity contribution in [3.05, 3.63) is 166 Å². The van der Waals surface area contributed by atoms with E-state index in [-0.39, 0.29) is 17.5 Å². The number of hydrogen-bond donors (Lipinski definition) is 0. The van der Waals surface area contributed by atoms with Crippen LogP contribution in [0.2, 0.25) is 0 Å². The number of fused-ring (bicyclic) bond motifs is 6. The molecule has 4 nitrogen and oxygen atoms in total. The molecule has 0 saturated carbocycles. The fraction of sp³-hybridized carbons (Fsp3) is 0.244. The maximum atomic E-state index is 6.46. The van der Waals surface area contributed by atoms with Gasteiger partial charge in [-0.2, -0.15) is 0 Å². The van der Waals surface area contributed by atoms with E-state index >= 15 is 0 Å². The van der Waals surface area contributed by atoms with Gasteiger partial charge in [0.25, 0.3) is 0 Å². The van der Waals surface area contributed by atoms with Crippen molar-refractivity contribution >= 4 is 33.3 Å². The summed E-state index contributed by atoms with van der Waals surface area (Å²) in [6.07, 6.45) is 6.04. The molecule has 2 heterocycles. The van der Waals surface area contributed by atoms with Crippen molar-refractivity contribution in [1.29, 1.82) is 0 Å². The maximum Gasteiger partial charge on any atom is 0.216 e. The Kier molecular flexibility index (Phi) is 6.72. The van der Waals surface area contributed by atoms with Crippen LogP contribution in [0.4, 0.5) is 0 Å². The third-order valence-corrected chi connectivity index (χ3v) is 11.4. The minimum atomic E-state index is -0.0948. The van der Waals surface area contributed by atoms with E-state index in [0.717, 1.165) is 50.3 Å². The Morgan fingerprint density at radius 1 is 0.510 bits per heavy atom. The van der Waals surface area contributed by atoms with Gasteiger partial charge in [-0.05, 0) is 106 Å². The third kappa shape index (κ3) is 4.88. The van der Waals surface area contributed by atoms with Crippen LogP contribution in [0.5, 0.6) is 0 Å². The van der Waals surface area contributed by atoms with Crippen LogP contribution >= 0.6 is 0 Å². The predicted octanol–water partition coefficient (Wildman–Crippen LogP) is 8.95. The molecule has 0 radical (unpaired) electrons. The van der Waals surface area contributed by atoms with E-state index in [9.17, 15) is 0 Å². The summed E-state index contributed by atoms with van der Waals surface area (Å²) in [5.41, 5.74) is 10.5. The first-order chi connectivity index (χ1) is 24.2. The Labute approximate surface area is 287 Å². The van der Waals surface area contributed by atoms with Gasteiger partial charge in [-0.1, -0.05) is 109 Å². The van der Waals surface area contributed by atoms with Gasteiger partial charge in [0, 0.05) is 16.5 Å². The molecule has 0 unspecified atom stereocenters. The van der Waals surface area contributed by atoms with Crippen LogP contribution in [-0.2, 0) is 40.6 Å². The lowest BCUT2D eigenvalue weighted by molar-refractivity contribution is 0.316. The van der Waals surface area contributed by atoms with E-state index in [1.165, 1.54) is 66.1 Å². The molecule has 2 atom stereocenters. The second kappa shape index (κ2) is 11.4. The number of hydrogen-bond acceptors (Lipinski definition) is 4. The summed E-state index contributed by atoms with van der Waals surface area (Å²) in [4.78, 5) is 10.5. The smallest absolute Gasteiger partial charge is 0.216 e. The first-order valence-corrected chi connectivity index (χ1v) is 17.8. The summed E-state index contributed by atoms with van der Waals surface area (Å²) in [5.74, 6) is 1.61. The molecule has 49 heavy (non-hydrogen) atoms. The average molecular weight is 639 g/mol. The average Bonchev–Trinajstić information content (AvgIpc) is 3.96. The zero-order chi connectivity index (χ0) is 32.4. The van der Waals surface area contributed by atoms with Crippen molar-refractivity contribution in [2.45, 2.75) is 56.0 Å². The van der Waals surface area contributed by atoms with Crippen LogP contribution in [0.15, 0.2) is 131 Å². The molecule has 4 heteroatoms. The maximum absolute atomic E-state index is 6.46. The number of benzene rings is 6. The van der Waals surface area contributed by atoms with Gasteiger partial charge >= 0.3 is 0 Å². The highest BCUT2D eigenvalue weighted by atomic mass is 16.5. The largest absolute Gasteiger partial charge is 0.475 e. The highest BCUT2D eigenvalue weighted by Gasteiger charge is 2.49. The molecule has 6 aromatic rings. The van der Waals surface area contributed by atoms with Crippen molar-refractivity contribution < 1.29 is 9.47 Å². The van der Waals surface area contributed by atoms with Gasteiger partial charge in [0.1, 0.15) is 13.2 Å². The molecule has 0 saturated heterocycles. The summed E-state index contributed by atoms with van der Waals surface area (Å²) in [5, 5.41) is 5.10. The van der Waals surface area contributed by atoms with Crippen molar-refractivity contribution in [2.24, 2.45) is 9.98 Å². The highest BCUT2D eigenvalue weighted by molar-refractivity contribution is 6.00. The van der Waals surface area contributed by atoms with Gasteiger partial charge in [0.05, 0.1) is 12.1 Å². The van der Waals surface area contributed by atoms with E-state index in [0.29, 0.717) is 13.2 Å². The molecule has 0 bridgehead atoms. The Bertz CT molecular complexity index is 2170. The summed E-state index contributed by atoms with van der Waals surface area (Å²) >= 11 is 0. The summed E-state index contributed by atoms with van der Waals surface area (Å²) in [6.45, 7) is 1.23. The second-order valence-corrected chi connectivity index (χ2v) is 14.3. The van der Waals surface area contributed by atoms with Crippen LogP contribution in [0.1, 0.15) is 57.3 Å². The molecule has 0 amide bonds. The number of rotatable bonds is 6. The first-order valence-electron chi connectivity index (χ1n) is 17.8. The van der Waals surface area contributed by atoms with E-state index < -0.39 is 0 Å². The second-order valence-electron chi connectivity index (χ2n) is 14.3. The summed E-state index contributed by atoms with van der Waals surface area (Å²) in [7, 11) is 0. The van der Waals surface area contributed by atoms with Gasteiger partial charge in [-0.25, -0.2) is 9.98 Å². The molecule has 6 aromatic carbocycles. The monoisotopic (exact) mass is 638 g/mol. The Morgan fingerprint density at radius 2 is 0.980 bits per heavy atom. The van der Waals surface area contributed by atoms with Gasteiger partial charge in [-0.3, -0.25) is 0 Å². The highest BCUT2D eigenvalue weighted by Crippen LogP contribution is 2.55. The predicted molar refractivity (Wildman–Crippen MR) is 198 cm³/mol. The molecular formula is C45H38N2O2. The van der Waals surface area contributed by atoms with Crippen LogP contribution in [-0.4, -0.2) is 37.1 Å². The molecule has 2 aliphatic carbocycles. The lowest BCUT2D eigenvalue weighted by Gasteiger charge is -2.30. The van der Waals surface area contributed by atoms with Crippen LogP contribution < -0.4 is 0 Å². The molecule has 4 aliphatic rings. The van der Waals surface area contributed by atoms with Gasteiger partial charge in [-0.15, -0.1) is 0 Å². The minimum Gasteiger partial charge on any atom is -0.475 e. The van der Waals surface area contributed by atoms with Gasteiger partial charge in [0.2, 0.25) is 11.8 Å². The van der Waals surface area contributed by atoms with Gasteiger partial charge in [0.15, 0.2) is 0 Å². The molecule has 240 valence electrons. The zero-order valence-corrected chi connectivity index (χ0v) is 27.6. The van der Waals surface area contributed by atoms with E-state index in [1.54, 1.807) is 0 Å². The number of nitrogens with zero attached hydrogens (tertiary/aromatic N) is 2. The lowest BCUT2D eigenvalue weighted by atomic mass is 9.73. The molecule has 10 rings (SSSR count). The fourth-order valence-electron chi connectivity index (χ4n) is 9.16. The first kappa shape index (κ1) is 28.8. The minimum absolute atomic E-state index is 0.0948. The fourth-order valence-corrected chi connectivity index (χ4v) is 9.16. The van der Waals surface area contributed by atoms with Crippen LogP contribution in [0.3, 0.4) is 0 Å². The molecule has 2 aliphatic heterocycles. The SMILES string of the molecule is c1cc2c(c(C3=N[C@@H](Cc4ccc5ccccc5c4)CO3)c1)C1(CC2)CCc2cccc(C3=N[C@@H](Cc4ccc5ccccc5c4)CO3)c21. The molecule has 0 N–H and O–H groups in total. The quantitative estimate of drug-likeness (QED) is 0.183. The summed E-state index contributed by atoms with van der Waals surface area (Å²) < 4.78 is 12.9. The molecule has 0 aromatic heterocycles. The van der Waals surface area contributed by atoms with Crippen molar-refractivity contribution in [3.8, 4) is 0 Å². The Morgan fingerprint density at radius 3 is 1.47 bits per heavy atom. The van der Waals surface area contributed by atoms with Crippen molar-refractivity contribution in [1.82, 2.24) is 0 Å². The topological polar surface area (TPSA) is 43.2 Å².